The first-order chi connectivity index (χ1) is 15.5. The van der Waals surface area contributed by atoms with Crippen LogP contribution in [0.1, 0.15) is 41.4 Å². The van der Waals surface area contributed by atoms with Crippen LogP contribution in [0.25, 0.3) is 11.3 Å². The summed E-state index contributed by atoms with van der Waals surface area (Å²) in [7, 11) is 1.63. The molecule has 0 saturated carbocycles. The molecule has 0 spiro atoms. The first-order valence-electron chi connectivity index (χ1n) is 10.9. The number of aromatic nitrogens is 1. The number of ether oxygens (including phenoxy) is 2. The number of hydrogen-bond donors (Lipinski definition) is 1. The highest BCUT2D eigenvalue weighted by Gasteiger charge is 2.19. The number of methoxy groups -OCH3 is 1. The fourth-order valence-electron chi connectivity index (χ4n) is 3.63. The number of hydrogen-bond acceptors (Lipinski definition) is 4. The molecule has 0 atom stereocenters. The zero-order chi connectivity index (χ0) is 22.9. The molecule has 6 nitrogen and oxygen atoms in total. The predicted octanol–water partition coefficient (Wildman–Crippen LogP) is 4.75. The molecule has 0 fully saturated rings. The van der Waals surface area contributed by atoms with E-state index in [4.69, 9.17) is 9.47 Å². The van der Waals surface area contributed by atoms with Crippen molar-refractivity contribution in [1.29, 1.82) is 0 Å². The summed E-state index contributed by atoms with van der Waals surface area (Å²) in [5.41, 5.74) is 4.40. The minimum absolute atomic E-state index is 0.00231. The van der Waals surface area contributed by atoms with Crippen molar-refractivity contribution in [2.24, 2.45) is 0 Å². The Balaban J connectivity index is 1.64. The molecular weight excluding hydrogens is 404 g/mol. The van der Waals surface area contributed by atoms with E-state index < -0.39 is 0 Å². The summed E-state index contributed by atoms with van der Waals surface area (Å²) in [6.45, 7) is 5.16. The van der Waals surface area contributed by atoms with Gasteiger partial charge in [0.15, 0.2) is 0 Å². The lowest BCUT2D eigenvalue weighted by Gasteiger charge is -2.12. The first-order valence-corrected chi connectivity index (χ1v) is 10.9. The number of nitrogens with zero attached hydrogens (tertiary/aromatic N) is 1. The molecule has 0 aliphatic heterocycles. The van der Waals surface area contributed by atoms with E-state index in [-0.39, 0.29) is 11.9 Å². The van der Waals surface area contributed by atoms with Crippen LogP contribution in [0.5, 0.6) is 5.75 Å². The monoisotopic (exact) mass is 434 g/mol. The summed E-state index contributed by atoms with van der Waals surface area (Å²) in [6.07, 6.45) is 1.06. The van der Waals surface area contributed by atoms with E-state index in [1.807, 2.05) is 67.6 Å². The Hall–Kier alpha value is -3.54. The van der Waals surface area contributed by atoms with Gasteiger partial charge in [0.25, 0.3) is 0 Å². The Morgan fingerprint density at radius 3 is 2.41 bits per heavy atom. The summed E-state index contributed by atoms with van der Waals surface area (Å²) < 4.78 is 12.5. The van der Waals surface area contributed by atoms with Gasteiger partial charge in [-0.25, -0.2) is 4.79 Å². The van der Waals surface area contributed by atoms with Crippen molar-refractivity contribution in [2.45, 2.75) is 39.8 Å². The van der Waals surface area contributed by atoms with Crippen molar-refractivity contribution >= 4 is 11.9 Å². The van der Waals surface area contributed by atoms with E-state index in [1.165, 1.54) is 0 Å². The van der Waals surface area contributed by atoms with Crippen molar-refractivity contribution in [3.8, 4) is 17.0 Å². The topological polar surface area (TPSA) is 69.6 Å². The van der Waals surface area contributed by atoms with Crippen LogP contribution in [-0.2, 0) is 22.6 Å². The number of carbonyl (C=O) groups excluding carboxylic acids is 2. The van der Waals surface area contributed by atoms with Crippen LogP contribution >= 0.6 is 0 Å². The Kier molecular flexibility index (Phi) is 8.08. The second kappa shape index (κ2) is 11.2. The zero-order valence-corrected chi connectivity index (χ0v) is 18.9. The number of esters is 1. The van der Waals surface area contributed by atoms with Crippen molar-refractivity contribution < 1.29 is 19.1 Å². The van der Waals surface area contributed by atoms with E-state index in [0.29, 0.717) is 38.1 Å². The van der Waals surface area contributed by atoms with Crippen molar-refractivity contribution in [1.82, 2.24) is 9.88 Å². The molecule has 3 aromatic rings. The summed E-state index contributed by atoms with van der Waals surface area (Å²) in [5.74, 6) is 0.467. The molecule has 1 N–H and O–H groups in total. The second-order valence-electron chi connectivity index (χ2n) is 7.50. The normalized spacial score (nSPS) is 10.6. The second-order valence-corrected chi connectivity index (χ2v) is 7.50. The largest absolute Gasteiger partial charge is 0.497 e. The van der Waals surface area contributed by atoms with Crippen molar-refractivity contribution in [2.75, 3.05) is 13.7 Å². The van der Waals surface area contributed by atoms with Crippen molar-refractivity contribution in [3.63, 3.8) is 0 Å². The van der Waals surface area contributed by atoms with Crippen LogP contribution in [0.3, 0.4) is 0 Å². The van der Waals surface area contributed by atoms with Crippen LogP contribution in [0.15, 0.2) is 60.7 Å². The Morgan fingerprint density at radius 1 is 1.03 bits per heavy atom. The highest BCUT2D eigenvalue weighted by Crippen LogP contribution is 2.27. The third-order valence-electron chi connectivity index (χ3n) is 5.37. The SMILES string of the molecule is CCOC(=O)c1cc(-c2ccccc2)n(CCCC(=O)NCc2ccc(OC)cc2)c1C. The lowest BCUT2D eigenvalue weighted by Crippen LogP contribution is -2.22. The van der Waals surface area contributed by atoms with Gasteiger partial charge in [-0.05, 0) is 49.6 Å². The van der Waals surface area contributed by atoms with Gasteiger partial charge in [-0.15, -0.1) is 0 Å². The van der Waals surface area contributed by atoms with Gasteiger partial charge in [-0.3, -0.25) is 4.79 Å². The average molecular weight is 435 g/mol. The maximum Gasteiger partial charge on any atom is 0.339 e. The molecule has 1 amide bonds. The van der Waals surface area contributed by atoms with Gasteiger partial charge in [-0.1, -0.05) is 42.5 Å². The number of nitrogens with one attached hydrogen (secondary N) is 1. The molecule has 0 aliphatic rings. The number of benzene rings is 2. The maximum absolute atomic E-state index is 12.4. The third-order valence-corrected chi connectivity index (χ3v) is 5.37. The Bertz CT molecular complexity index is 1040. The maximum atomic E-state index is 12.4. The van der Waals surface area contributed by atoms with Crippen LogP contribution in [-0.4, -0.2) is 30.2 Å². The van der Waals surface area contributed by atoms with Gasteiger partial charge < -0.3 is 19.4 Å². The third kappa shape index (κ3) is 5.78. The average Bonchev–Trinajstić information content (AvgIpc) is 3.15. The Labute approximate surface area is 189 Å². The van der Waals surface area contributed by atoms with E-state index in [9.17, 15) is 9.59 Å². The van der Waals surface area contributed by atoms with Gasteiger partial charge in [0.1, 0.15) is 5.75 Å². The summed E-state index contributed by atoms with van der Waals surface area (Å²) in [6, 6.07) is 19.4. The fraction of sp³-hybridized carbons (Fsp3) is 0.308. The predicted molar refractivity (Wildman–Crippen MR) is 125 cm³/mol. The van der Waals surface area contributed by atoms with E-state index in [0.717, 1.165) is 28.3 Å². The summed E-state index contributed by atoms with van der Waals surface area (Å²) in [4.78, 5) is 24.7. The molecule has 32 heavy (non-hydrogen) atoms. The minimum Gasteiger partial charge on any atom is -0.497 e. The molecule has 3 rings (SSSR count). The molecular formula is C26H30N2O4. The fourth-order valence-corrected chi connectivity index (χ4v) is 3.63. The molecule has 0 bridgehead atoms. The zero-order valence-electron chi connectivity index (χ0n) is 18.9. The van der Waals surface area contributed by atoms with Gasteiger partial charge in [0.2, 0.25) is 5.91 Å². The van der Waals surface area contributed by atoms with Crippen LogP contribution in [0.4, 0.5) is 0 Å². The molecule has 0 saturated heterocycles. The highest BCUT2D eigenvalue weighted by atomic mass is 16.5. The van der Waals surface area contributed by atoms with E-state index >= 15 is 0 Å². The lowest BCUT2D eigenvalue weighted by molar-refractivity contribution is -0.121. The summed E-state index contributed by atoms with van der Waals surface area (Å²) in [5, 5.41) is 2.96. The van der Waals surface area contributed by atoms with Gasteiger partial charge in [0.05, 0.1) is 19.3 Å². The van der Waals surface area contributed by atoms with Crippen LogP contribution in [0, 0.1) is 6.92 Å². The molecule has 1 heterocycles. The number of amides is 1. The van der Waals surface area contributed by atoms with Crippen LogP contribution < -0.4 is 10.1 Å². The quantitative estimate of drug-likeness (QED) is 0.468. The molecule has 0 unspecified atom stereocenters. The number of rotatable bonds is 10. The standard InChI is InChI=1S/C26H30N2O4/c1-4-32-26(30)23-17-24(21-9-6-5-7-10-21)28(19(23)2)16-8-11-25(29)27-18-20-12-14-22(31-3)15-13-20/h5-7,9-10,12-15,17H,4,8,11,16,18H2,1-3H3,(H,27,29). The van der Waals surface area contributed by atoms with Gasteiger partial charge in [-0.2, -0.15) is 0 Å². The highest BCUT2D eigenvalue weighted by molar-refractivity contribution is 5.92. The smallest absolute Gasteiger partial charge is 0.339 e. The molecule has 2 aromatic carbocycles. The molecule has 0 aliphatic carbocycles. The molecule has 1 aromatic heterocycles. The number of carbonyl (C=O) groups is 2. The minimum atomic E-state index is -0.321. The van der Waals surface area contributed by atoms with Crippen LogP contribution in [0.2, 0.25) is 0 Å². The van der Waals surface area contributed by atoms with Crippen molar-refractivity contribution in [3.05, 3.63) is 77.5 Å². The van der Waals surface area contributed by atoms with E-state index in [2.05, 4.69) is 9.88 Å². The molecule has 6 heteroatoms. The van der Waals surface area contributed by atoms with E-state index in [1.54, 1.807) is 14.0 Å². The Morgan fingerprint density at radius 2 is 1.75 bits per heavy atom. The van der Waals surface area contributed by atoms with Gasteiger partial charge in [0, 0.05) is 30.9 Å². The molecule has 0 radical (unpaired) electrons. The first kappa shape index (κ1) is 23.1. The summed E-state index contributed by atoms with van der Waals surface area (Å²) >= 11 is 0. The lowest BCUT2D eigenvalue weighted by atomic mass is 10.1. The molecule has 168 valence electrons. The van der Waals surface area contributed by atoms with Gasteiger partial charge >= 0.3 is 5.97 Å².